The van der Waals surface area contributed by atoms with Gasteiger partial charge < -0.3 is 20.1 Å². The number of nitro benzene ring substituents is 2. The van der Waals surface area contributed by atoms with E-state index in [2.05, 4.69) is 15.4 Å². The summed E-state index contributed by atoms with van der Waals surface area (Å²) in [5, 5.41) is 26.6. The van der Waals surface area contributed by atoms with Crippen LogP contribution in [0.1, 0.15) is 41.9 Å². The molecule has 276 valence electrons. The predicted octanol–water partition coefficient (Wildman–Crippen LogP) is 6.30. The second-order valence-corrected chi connectivity index (χ2v) is 10.7. The fourth-order valence-electron chi connectivity index (χ4n) is 4.41. The predicted molar refractivity (Wildman–Crippen MR) is 194 cm³/mol. The number of esters is 2. The highest BCUT2D eigenvalue weighted by molar-refractivity contribution is 7.80. The Hall–Kier alpha value is -6.16. The Balaban J connectivity index is 0.000000501. The second-order valence-electron chi connectivity index (χ2n) is 10.3. The van der Waals surface area contributed by atoms with E-state index in [-0.39, 0.29) is 55.2 Å². The van der Waals surface area contributed by atoms with Crippen molar-refractivity contribution in [2.75, 3.05) is 14.2 Å². The van der Waals surface area contributed by atoms with Crippen LogP contribution in [0.4, 0.5) is 20.2 Å². The van der Waals surface area contributed by atoms with E-state index in [1.165, 1.54) is 87.0 Å². The molecule has 0 saturated carbocycles. The van der Waals surface area contributed by atoms with Gasteiger partial charge in [0, 0.05) is 42.7 Å². The van der Waals surface area contributed by atoms with Crippen LogP contribution in [0.2, 0.25) is 0 Å². The van der Waals surface area contributed by atoms with E-state index in [0.29, 0.717) is 11.1 Å². The van der Waals surface area contributed by atoms with Crippen LogP contribution >= 0.6 is 12.2 Å². The number of hydrogen-bond donors (Lipinski definition) is 2. The Morgan fingerprint density at radius 3 is 1.38 bits per heavy atom. The molecular weight excluding hydrogens is 702 g/mol. The lowest BCUT2D eigenvalue weighted by molar-refractivity contribution is -0.385. The number of ether oxygens (including phenoxy) is 2. The Bertz CT molecular complexity index is 1720. The number of thiocarbonyl (C=S) groups is 1. The number of nitro groups is 2. The molecule has 0 aliphatic heterocycles. The van der Waals surface area contributed by atoms with Crippen molar-refractivity contribution < 1.29 is 42.5 Å². The van der Waals surface area contributed by atoms with Gasteiger partial charge in [0.25, 0.3) is 17.3 Å². The van der Waals surface area contributed by atoms with Gasteiger partial charge in [0.15, 0.2) is 0 Å². The van der Waals surface area contributed by atoms with Gasteiger partial charge in [-0.15, -0.1) is 0 Å². The lowest BCUT2D eigenvalue weighted by Gasteiger charge is -2.18. The van der Waals surface area contributed by atoms with Crippen LogP contribution in [0.5, 0.6) is 0 Å². The summed E-state index contributed by atoms with van der Waals surface area (Å²) in [4.78, 5) is 56.5. The number of hydrogen-bond acceptors (Lipinski definition) is 10. The third-order valence-electron chi connectivity index (χ3n) is 6.99. The first-order chi connectivity index (χ1) is 23.8. The zero-order valence-electron chi connectivity index (χ0n) is 26.5. The maximum absolute atomic E-state index is 13.8. The number of nitrogens with one attached hydrogen (secondary N) is 2. The molecule has 0 aromatic heterocycles. The third kappa shape index (κ3) is 12.6. The van der Waals surface area contributed by atoms with Crippen LogP contribution in [0.15, 0.2) is 97.1 Å². The molecule has 1 amide bonds. The van der Waals surface area contributed by atoms with E-state index in [0.717, 1.165) is 6.07 Å². The number of amides is 1. The molecule has 0 heterocycles. The zero-order valence-corrected chi connectivity index (χ0v) is 27.4. The Morgan fingerprint density at radius 1 is 0.654 bits per heavy atom. The minimum absolute atomic E-state index is 0. The van der Waals surface area contributed by atoms with Crippen LogP contribution in [0, 0.1) is 31.9 Å². The van der Waals surface area contributed by atoms with Crippen molar-refractivity contribution in [3.8, 4) is 0 Å². The maximum atomic E-state index is 13.8. The lowest BCUT2D eigenvalue weighted by atomic mass is 10.0. The van der Waals surface area contributed by atoms with Crippen molar-refractivity contribution >= 4 is 46.4 Å². The molecule has 52 heavy (non-hydrogen) atoms. The topological polar surface area (TPSA) is 180 Å². The van der Waals surface area contributed by atoms with Crippen molar-refractivity contribution in [2.45, 2.75) is 39.8 Å². The summed E-state index contributed by atoms with van der Waals surface area (Å²) < 4.78 is 36.9. The summed E-state index contributed by atoms with van der Waals surface area (Å²) in [5.74, 6) is -3.24. The summed E-state index contributed by atoms with van der Waals surface area (Å²) in [5.41, 5.74) is 1.09. The molecule has 0 radical (unpaired) electrons. The minimum atomic E-state index is -1.06. The highest BCUT2D eigenvalue weighted by atomic mass is 32.1. The van der Waals surface area contributed by atoms with Gasteiger partial charge >= 0.3 is 11.9 Å². The number of benzene rings is 4. The summed E-state index contributed by atoms with van der Waals surface area (Å²) in [6, 6.07) is 20.7. The Morgan fingerprint density at radius 2 is 1.02 bits per heavy atom. The molecule has 4 aromatic carbocycles. The largest absolute Gasteiger partial charge is 0.467 e. The first kappa shape index (κ1) is 43.9. The van der Waals surface area contributed by atoms with Crippen LogP contribution in [0.25, 0.3) is 0 Å². The molecule has 16 heteroatoms. The van der Waals surface area contributed by atoms with Crippen LogP contribution < -0.4 is 10.6 Å². The molecule has 0 fully saturated rings. The van der Waals surface area contributed by atoms with Gasteiger partial charge in [0.1, 0.15) is 28.7 Å². The average Bonchev–Trinajstić information content (AvgIpc) is 3.11. The number of methoxy groups -OCH3 is 2. The molecule has 0 aliphatic rings. The number of nitrogens with zero attached hydrogens (tertiary/aromatic N) is 2. The number of halogens is 2. The number of carbonyl (C=O) groups is 3. The van der Waals surface area contributed by atoms with Gasteiger partial charge in [-0.05, 0) is 35.4 Å². The van der Waals surface area contributed by atoms with E-state index in [4.69, 9.17) is 17.0 Å². The standard InChI is InChI=1S/C17H15FN2O5.C17H15FN2O4S.2CH4/c1-25-17(22)15(10-11-6-8-12(9-7-11)20(23)24)19-16(21)13-4-2-3-5-14(13)18;1-24-17(21)15(10-11-6-8-12(9-7-11)20(22)23)19-16(25)13-4-2-3-5-14(13)18;;/h2-9,15H,10H2,1H3,(H,19,21);2-9,15H,10H2,1H3,(H,19,25);2*1H4. The highest BCUT2D eigenvalue weighted by Crippen LogP contribution is 2.16. The fourth-order valence-corrected chi connectivity index (χ4v) is 4.72. The molecule has 4 rings (SSSR count). The minimum Gasteiger partial charge on any atom is -0.467 e. The summed E-state index contributed by atoms with van der Waals surface area (Å²) in [6.07, 6.45) is 0.226. The quantitative estimate of drug-likeness (QED) is 0.0720. The molecule has 0 bridgehead atoms. The van der Waals surface area contributed by atoms with E-state index >= 15 is 0 Å². The molecule has 0 saturated heterocycles. The third-order valence-corrected chi connectivity index (χ3v) is 7.33. The van der Waals surface area contributed by atoms with Crippen LogP contribution in [0.3, 0.4) is 0 Å². The Kier molecular flexibility index (Phi) is 17.8. The molecule has 2 unspecified atom stereocenters. The molecule has 2 atom stereocenters. The van der Waals surface area contributed by atoms with E-state index in [1.807, 2.05) is 0 Å². The molecule has 2 N–H and O–H groups in total. The highest BCUT2D eigenvalue weighted by Gasteiger charge is 2.25. The van der Waals surface area contributed by atoms with Crippen molar-refractivity contribution in [1.82, 2.24) is 10.6 Å². The average molecular weight is 741 g/mol. The van der Waals surface area contributed by atoms with E-state index < -0.39 is 51.4 Å². The SMILES string of the molecule is C.C.COC(=O)C(Cc1ccc([N+](=O)[O-])cc1)NC(=O)c1ccccc1F.COC(=O)C(Cc1ccc([N+](=O)[O-])cc1)NC(=S)c1ccccc1F. The van der Waals surface area contributed by atoms with E-state index in [9.17, 15) is 43.4 Å². The van der Waals surface area contributed by atoms with Crippen LogP contribution in [-0.4, -0.2) is 59.0 Å². The van der Waals surface area contributed by atoms with Crippen molar-refractivity contribution in [1.29, 1.82) is 0 Å². The van der Waals surface area contributed by atoms with Gasteiger partial charge in [-0.3, -0.25) is 25.0 Å². The molecular formula is C36H38F2N4O9S. The fraction of sp³-hybridized carbons (Fsp3) is 0.222. The number of rotatable bonds is 12. The first-order valence-electron chi connectivity index (χ1n) is 14.6. The van der Waals surface area contributed by atoms with Crippen molar-refractivity contribution in [2.24, 2.45) is 0 Å². The molecule has 13 nitrogen and oxygen atoms in total. The van der Waals surface area contributed by atoms with Crippen LogP contribution in [-0.2, 0) is 31.9 Å². The lowest BCUT2D eigenvalue weighted by Crippen LogP contribution is -2.43. The number of non-ortho nitro benzene ring substituents is 2. The smallest absolute Gasteiger partial charge is 0.328 e. The van der Waals surface area contributed by atoms with Crippen molar-refractivity contribution in [3.63, 3.8) is 0 Å². The summed E-state index contributed by atoms with van der Waals surface area (Å²) >= 11 is 5.17. The Labute approximate surface area is 304 Å². The van der Waals surface area contributed by atoms with Gasteiger partial charge in [-0.1, -0.05) is 75.6 Å². The van der Waals surface area contributed by atoms with E-state index in [1.54, 1.807) is 18.2 Å². The van der Waals surface area contributed by atoms with Crippen molar-refractivity contribution in [3.05, 3.63) is 151 Å². The monoisotopic (exact) mass is 740 g/mol. The summed E-state index contributed by atoms with van der Waals surface area (Å²) in [7, 11) is 2.40. The molecule has 0 spiro atoms. The van der Waals surface area contributed by atoms with Gasteiger partial charge in [0.2, 0.25) is 0 Å². The molecule has 4 aromatic rings. The second kappa shape index (κ2) is 21.1. The first-order valence-corrected chi connectivity index (χ1v) is 15.0. The zero-order chi connectivity index (χ0) is 36.8. The normalized spacial score (nSPS) is 11.0. The van der Waals surface area contributed by atoms with Gasteiger partial charge in [0.05, 0.1) is 29.6 Å². The van der Waals surface area contributed by atoms with Gasteiger partial charge in [-0.25, -0.2) is 18.4 Å². The number of carbonyl (C=O) groups excluding carboxylic acids is 3. The van der Waals surface area contributed by atoms with Gasteiger partial charge in [-0.2, -0.15) is 0 Å². The maximum Gasteiger partial charge on any atom is 0.328 e. The summed E-state index contributed by atoms with van der Waals surface area (Å²) in [6.45, 7) is 0. The molecule has 0 aliphatic carbocycles.